The molecule has 3 rings (SSSR count). The average Bonchev–Trinajstić information content (AvgIpc) is 2.95. The van der Waals surface area contributed by atoms with E-state index in [1.165, 1.54) is 0 Å². The Morgan fingerprint density at radius 3 is 2.81 bits per heavy atom. The molecule has 1 N–H and O–H groups in total. The number of hydrogen-bond donors (Lipinski definition) is 1. The number of nitrogens with one attached hydrogen (secondary N) is 1. The molecule has 0 spiro atoms. The number of carbonyl (C=O) groups is 1. The van der Waals surface area contributed by atoms with Crippen LogP contribution in [0.5, 0.6) is 0 Å². The van der Waals surface area contributed by atoms with E-state index in [1.54, 1.807) is 6.20 Å². The Labute approximate surface area is 155 Å². The maximum atomic E-state index is 12.6. The predicted molar refractivity (Wildman–Crippen MR) is 101 cm³/mol. The molecule has 1 saturated heterocycles. The maximum absolute atomic E-state index is 12.6. The molecule has 0 atom stereocenters. The monoisotopic (exact) mass is 356 g/mol. The number of carbonyl (C=O) groups excluding carboxylic acids is 1. The van der Waals surface area contributed by atoms with Crippen LogP contribution in [0.25, 0.3) is 0 Å². The summed E-state index contributed by atoms with van der Waals surface area (Å²) in [6.45, 7) is 10.0. The molecule has 6 heteroatoms. The summed E-state index contributed by atoms with van der Waals surface area (Å²) in [7, 11) is 0. The van der Waals surface area contributed by atoms with Crippen LogP contribution in [0.2, 0.25) is 0 Å². The van der Waals surface area contributed by atoms with Crippen LogP contribution < -0.4 is 5.32 Å². The Morgan fingerprint density at radius 1 is 1.27 bits per heavy atom. The minimum Gasteiger partial charge on any atom is -0.379 e. The molecule has 3 heterocycles. The van der Waals surface area contributed by atoms with Gasteiger partial charge in [-0.25, -0.2) is 0 Å². The second kappa shape index (κ2) is 8.96. The summed E-state index contributed by atoms with van der Waals surface area (Å²) in [5.41, 5.74) is 3.81. The molecule has 1 fully saturated rings. The normalized spacial score (nSPS) is 15.2. The van der Waals surface area contributed by atoms with Crippen LogP contribution in [0.15, 0.2) is 30.5 Å². The fourth-order valence-electron chi connectivity index (χ4n) is 3.35. The quantitative estimate of drug-likeness (QED) is 0.771. The van der Waals surface area contributed by atoms with Gasteiger partial charge in [-0.1, -0.05) is 6.07 Å². The van der Waals surface area contributed by atoms with Gasteiger partial charge in [0.05, 0.1) is 31.0 Å². The van der Waals surface area contributed by atoms with Gasteiger partial charge in [0.1, 0.15) is 0 Å². The Kier molecular flexibility index (Phi) is 6.41. The zero-order chi connectivity index (χ0) is 18.4. The zero-order valence-corrected chi connectivity index (χ0v) is 15.7. The lowest BCUT2D eigenvalue weighted by Crippen LogP contribution is -2.38. The van der Waals surface area contributed by atoms with Crippen molar-refractivity contribution < 1.29 is 9.53 Å². The molecule has 2 aromatic rings. The highest BCUT2D eigenvalue weighted by molar-refractivity contribution is 5.95. The van der Waals surface area contributed by atoms with Crippen LogP contribution in [-0.4, -0.2) is 59.8 Å². The average molecular weight is 356 g/mol. The third-order valence-corrected chi connectivity index (χ3v) is 4.90. The van der Waals surface area contributed by atoms with E-state index in [2.05, 4.69) is 19.8 Å². The molecule has 1 aliphatic rings. The van der Waals surface area contributed by atoms with Crippen molar-refractivity contribution in [3.63, 3.8) is 0 Å². The summed E-state index contributed by atoms with van der Waals surface area (Å²) in [5, 5.41) is 3.06. The van der Waals surface area contributed by atoms with Crippen molar-refractivity contribution in [2.24, 2.45) is 0 Å². The van der Waals surface area contributed by atoms with Crippen molar-refractivity contribution >= 4 is 5.91 Å². The van der Waals surface area contributed by atoms with Crippen LogP contribution >= 0.6 is 0 Å². The third kappa shape index (κ3) is 4.71. The number of pyridine rings is 1. The summed E-state index contributed by atoms with van der Waals surface area (Å²) < 4.78 is 7.50. The highest BCUT2D eigenvalue weighted by Crippen LogP contribution is 2.16. The van der Waals surface area contributed by atoms with Crippen molar-refractivity contribution in [2.75, 3.05) is 39.4 Å². The van der Waals surface area contributed by atoms with Crippen molar-refractivity contribution in [3.8, 4) is 0 Å². The van der Waals surface area contributed by atoms with Gasteiger partial charge in [-0.15, -0.1) is 0 Å². The van der Waals surface area contributed by atoms with Gasteiger partial charge in [-0.05, 0) is 45.0 Å². The third-order valence-electron chi connectivity index (χ3n) is 4.90. The van der Waals surface area contributed by atoms with Gasteiger partial charge >= 0.3 is 0 Å². The van der Waals surface area contributed by atoms with Crippen LogP contribution in [0.3, 0.4) is 0 Å². The first-order valence-electron chi connectivity index (χ1n) is 9.30. The SMILES string of the molecule is Cc1cc(C(=O)NCCCN2CCOCC2)c(C)n1Cc1ccccn1. The Balaban J connectivity index is 1.53. The van der Waals surface area contributed by atoms with Crippen molar-refractivity contribution in [2.45, 2.75) is 26.8 Å². The highest BCUT2D eigenvalue weighted by Gasteiger charge is 2.16. The molecular formula is C20H28N4O2. The standard InChI is InChI=1S/C20H28N4O2/c1-16-14-19(17(2)24(16)15-18-6-3-4-7-21-18)20(25)22-8-5-9-23-10-12-26-13-11-23/h3-4,6-7,14H,5,8-13,15H2,1-2H3,(H,22,25). The fourth-order valence-corrected chi connectivity index (χ4v) is 3.35. The van der Waals surface area contributed by atoms with Gasteiger partial charge in [0.25, 0.3) is 5.91 Å². The number of nitrogens with zero attached hydrogens (tertiary/aromatic N) is 3. The number of morpholine rings is 1. The van der Waals surface area contributed by atoms with Crippen molar-refractivity contribution in [1.29, 1.82) is 0 Å². The molecule has 0 bridgehead atoms. The van der Waals surface area contributed by atoms with Crippen LogP contribution in [0.1, 0.15) is 33.9 Å². The molecule has 0 radical (unpaired) electrons. The topological polar surface area (TPSA) is 59.4 Å². The summed E-state index contributed by atoms with van der Waals surface area (Å²) in [4.78, 5) is 19.3. The lowest BCUT2D eigenvalue weighted by Gasteiger charge is -2.26. The van der Waals surface area contributed by atoms with E-state index < -0.39 is 0 Å². The minimum atomic E-state index is 0.00680. The van der Waals surface area contributed by atoms with Gasteiger partial charge < -0.3 is 14.6 Å². The molecule has 0 aliphatic carbocycles. The highest BCUT2D eigenvalue weighted by atomic mass is 16.5. The first-order chi connectivity index (χ1) is 12.6. The van der Waals surface area contributed by atoms with Crippen LogP contribution in [0.4, 0.5) is 0 Å². The Bertz CT molecular complexity index is 721. The second-order valence-corrected chi connectivity index (χ2v) is 6.76. The van der Waals surface area contributed by atoms with E-state index in [4.69, 9.17) is 4.74 Å². The number of ether oxygens (including phenoxy) is 1. The molecule has 0 unspecified atom stereocenters. The molecule has 1 aliphatic heterocycles. The van der Waals surface area contributed by atoms with Crippen LogP contribution in [-0.2, 0) is 11.3 Å². The number of hydrogen-bond acceptors (Lipinski definition) is 4. The summed E-state index contributed by atoms with van der Waals surface area (Å²) in [6.07, 6.45) is 2.75. The number of aromatic nitrogens is 2. The largest absolute Gasteiger partial charge is 0.379 e. The fraction of sp³-hybridized carbons (Fsp3) is 0.500. The molecule has 1 amide bonds. The lowest BCUT2D eigenvalue weighted by atomic mass is 10.2. The first-order valence-corrected chi connectivity index (χ1v) is 9.30. The molecule has 140 valence electrons. The van der Waals surface area contributed by atoms with Gasteiger partial charge in [-0.2, -0.15) is 0 Å². The van der Waals surface area contributed by atoms with Crippen LogP contribution in [0, 0.1) is 13.8 Å². The zero-order valence-electron chi connectivity index (χ0n) is 15.7. The van der Waals surface area contributed by atoms with Gasteiger partial charge in [0, 0.05) is 37.2 Å². The van der Waals surface area contributed by atoms with E-state index in [-0.39, 0.29) is 5.91 Å². The first kappa shape index (κ1) is 18.6. The van der Waals surface area contributed by atoms with E-state index in [0.717, 1.165) is 61.9 Å². The summed E-state index contributed by atoms with van der Waals surface area (Å²) in [5.74, 6) is 0.00680. The lowest BCUT2D eigenvalue weighted by molar-refractivity contribution is 0.0374. The van der Waals surface area contributed by atoms with Crippen molar-refractivity contribution in [1.82, 2.24) is 19.8 Å². The molecule has 6 nitrogen and oxygen atoms in total. The number of amides is 1. The van der Waals surface area contributed by atoms with E-state index in [1.807, 2.05) is 38.1 Å². The van der Waals surface area contributed by atoms with Gasteiger partial charge in [0.2, 0.25) is 0 Å². The predicted octanol–water partition coefficient (Wildman–Crippen LogP) is 2.00. The second-order valence-electron chi connectivity index (χ2n) is 6.76. The van der Waals surface area contributed by atoms with Crippen molar-refractivity contribution in [3.05, 3.63) is 53.1 Å². The van der Waals surface area contributed by atoms with E-state index >= 15 is 0 Å². The Hall–Kier alpha value is -2.18. The van der Waals surface area contributed by atoms with E-state index in [9.17, 15) is 4.79 Å². The Morgan fingerprint density at radius 2 is 2.08 bits per heavy atom. The number of rotatable bonds is 7. The molecule has 2 aromatic heterocycles. The maximum Gasteiger partial charge on any atom is 0.253 e. The number of aryl methyl sites for hydroxylation is 1. The smallest absolute Gasteiger partial charge is 0.253 e. The minimum absolute atomic E-state index is 0.00680. The molecule has 26 heavy (non-hydrogen) atoms. The summed E-state index contributed by atoms with van der Waals surface area (Å²) in [6, 6.07) is 7.87. The molecule has 0 saturated carbocycles. The van der Waals surface area contributed by atoms with Gasteiger partial charge in [-0.3, -0.25) is 14.7 Å². The molecule has 0 aromatic carbocycles. The summed E-state index contributed by atoms with van der Waals surface area (Å²) >= 11 is 0. The van der Waals surface area contributed by atoms with Gasteiger partial charge in [0.15, 0.2) is 0 Å². The molecular weight excluding hydrogens is 328 g/mol. The van der Waals surface area contributed by atoms with E-state index in [0.29, 0.717) is 13.1 Å².